The van der Waals surface area contributed by atoms with Gasteiger partial charge in [-0.3, -0.25) is 14.2 Å². The summed E-state index contributed by atoms with van der Waals surface area (Å²) in [5.74, 6) is -0.121. The Bertz CT molecular complexity index is 1120. The first-order valence-electron chi connectivity index (χ1n) is 10.6. The highest BCUT2D eigenvalue weighted by Crippen LogP contribution is 2.36. The molecular formula is C21H22F3N5O4. The van der Waals surface area contributed by atoms with Crippen LogP contribution in [-0.4, -0.2) is 71.5 Å². The molecule has 3 atom stereocenters. The van der Waals surface area contributed by atoms with Crippen LogP contribution in [0.3, 0.4) is 0 Å². The Morgan fingerprint density at radius 1 is 1.33 bits per heavy atom. The van der Waals surface area contributed by atoms with Crippen LogP contribution in [0.2, 0.25) is 0 Å². The fraction of sp³-hybridized carbons (Fsp3) is 0.524. The highest BCUT2D eigenvalue weighted by Gasteiger charge is 2.48. The lowest BCUT2D eigenvalue weighted by atomic mass is 10.1. The summed E-state index contributed by atoms with van der Waals surface area (Å²) < 4.78 is 53.6. The van der Waals surface area contributed by atoms with Crippen LogP contribution in [0, 0.1) is 0 Å². The van der Waals surface area contributed by atoms with E-state index in [4.69, 9.17) is 9.47 Å². The van der Waals surface area contributed by atoms with Crippen LogP contribution in [0.5, 0.6) is 5.88 Å². The van der Waals surface area contributed by atoms with Crippen LogP contribution in [0.1, 0.15) is 23.2 Å². The number of alkyl halides is 3. The molecule has 12 heteroatoms. The molecular weight excluding hydrogens is 443 g/mol. The highest BCUT2D eigenvalue weighted by atomic mass is 19.4. The van der Waals surface area contributed by atoms with Crippen LogP contribution in [0.25, 0.3) is 0 Å². The fourth-order valence-electron chi connectivity index (χ4n) is 4.72. The molecule has 2 fully saturated rings. The summed E-state index contributed by atoms with van der Waals surface area (Å²) in [6, 6.07) is 2.36. The number of Topliss-reactive ketones (excluding diaryl/α,β-unsaturated/α-hetero) is 1. The average molecular weight is 465 g/mol. The number of rotatable bonds is 5. The second kappa shape index (κ2) is 8.01. The first-order valence-corrected chi connectivity index (χ1v) is 10.6. The fourth-order valence-corrected chi connectivity index (χ4v) is 4.72. The Balaban J connectivity index is 1.51. The summed E-state index contributed by atoms with van der Waals surface area (Å²) in [6.07, 6.45) is -2.88. The summed E-state index contributed by atoms with van der Waals surface area (Å²) in [6.45, 7) is 0.293. The van der Waals surface area contributed by atoms with Crippen LogP contribution in [0.4, 0.5) is 24.9 Å². The number of ketones is 1. The standard InChI is InChI=1S/C21H22F3N5O4/c1-32-18-3-2-12(8-25-18)15(30)10-29-16(21(22,23)24)4-5-27-19(31)7-17(26-20(27)29)28-9-14-6-13(28)11-33-14/h2-3,7-8,13-14,16H,4-6,9-11H2,1H3/t13?,14?,16-/m0/s1. The summed E-state index contributed by atoms with van der Waals surface area (Å²) >= 11 is 0. The number of anilines is 2. The van der Waals surface area contributed by atoms with Crippen LogP contribution in [-0.2, 0) is 11.3 Å². The molecule has 2 aromatic heterocycles. The van der Waals surface area contributed by atoms with Gasteiger partial charge in [-0.05, 0) is 18.9 Å². The monoisotopic (exact) mass is 465 g/mol. The van der Waals surface area contributed by atoms with E-state index in [-0.39, 0.29) is 42.5 Å². The lowest BCUT2D eigenvalue weighted by Gasteiger charge is -2.39. The second-order valence-electron chi connectivity index (χ2n) is 8.39. The van der Waals surface area contributed by atoms with E-state index < -0.39 is 30.1 Å². The molecule has 0 aliphatic carbocycles. The van der Waals surface area contributed by atoms with E-state index in [2.05, 4.69) is 9.97 Å². The van der Waals surface area contributed by atoms with Gasteiger partial charge >= 0.3 is 6.18 Å². The van der Waals surface area contributed by atoms with Gasteiger partial charge in [-0.15, -0.1) is 0 Å². The van der Waals surface area contributed by atoms with Crippen molar-refractivity contribution in [2.75, 3.05) is 36.6 Å². The maximum absolute atomic E-state index is 13.9. The lowest BCUT2D eigenvalue weighted by Crippen LogP contribution is -2.54. The molecule has 3 aliphatic rings. The largest absolute Gasteiger partial charge is 0.481 e. The normalized spacial score (nSPS) is 24.2. The molecule has 2 aromatic rings. The van der Waals surface area contributed by atoms with E-state index in [1.807, 2.05) is 4.90 Å². The molecule has 0 spiro atoms. The van der Waals surface area contributed by atoms with Crippen molar-refractivity contribution < 1.29 is 27.4 Å². The third-order valence-corrected chi connectivity index (χ3v) is 6.39. The third kappa shape index (κ3) is 3.92. The molecule has 0 radical (unpaired) electrons. The highest BCUT2D eigenvalue weighted by molar-refractivity contribution is 5.99. The molecule has 0 amide bonds. The number of morpholine rings is 1. The molecule has 176 valence electrons. The number of hydrogen-bond donors (Lipinski definition) is 0. The van der Waals surface area contributed by atoms with Gasteiger partial charge in [0.15, 0.2) is 5.78 Å². The minimum Gasteiger partial charge on any atom is -0.481 e. The summed E-state index contributed by atoms with van der Waals surface area (Å²) in [7, 11) is 1.42. The van der Waals surface area contributed by atoms with Crippen molar-refractivity contribution in [1.82, 2.24) is 14.5 Å². The summed E-state index contributed by atoms with van der Waals surface area (Å²) in [5.41, 5.74) is -0.302. The number of hydrogen-bond acceptors (Lipinski definition) is 8. The van der Waals surface area contributed by atoms with Crippen molar-refractivity contribution in [3.8, 4) is 5.88 Å². The van der Waals surface area contributed by atoms with Gasteiger partial charge in [-0.2, -0.15) is 18.2 Å². The molecule has 2 unspecified atom stereocenters. The number of methoxy groups -OCH3 is 1. The maximum Gasteiger partial charge on any atom is 0.408 e. The molecule has 0 saturated carbocycles. The van der Waals surface area contributed by atoms with Crippen molar-refractivity contribution in [2.45, 2.75) is 43.8 Å². The van der Waals surface area contributed by atoms with Crippen molar-refractivity contribution in [1.29, 1.82) is 0 Å². The van der Waals surface area contributed by atoms with Crippen LogP contribution < -0.4 is 20.1 Å². The van der Waals surface area contributed by atoms with E-state index in [1.54, 1.807) is 0 Å². The third-order valence-electron chi connectivity index (χ3n) is 6.39. The number of aromatic nitrogens is 3. The smallest absolute Gasteiger partial charge is 0.408 e. The minimum absolute atomic E-state index is 0.0266. The summed E-state index contributed by atoms with van der Waals surface area (Å²) in [4.78, 5) is 36.9. The molecule has 5 heterocycles. The molecule has 3 aliphatic heterocycles. The first-order chi connectivity index (χ1) is 15.7. The average Bonchev–Trinajstić information content (AvgIpc) is 3.42. The van der Waals surface area contributed by atoms with Crippen molar-refractivity contribution >= 4 is 17.5 Å². The number of ether oxygens (including phenoxy) is 2. The van der Waals surface area contributed by atoms with E-state index in [0.717, 1.165) is 11.3 Å². The number of halogens is 3. The molecule has 5 rings (SSSR count). The Morgan fingerprint density at radius 2 is 2.15 bits per heavy atom. The topological polar surface area (TPSA) is 89.8 Å². The zero-order chi connectivity index (χ0) is 23.3. The Labute approximate surface area is 186 Å². The maximum atomic E-state index is 13.9. The van der Waals surface area contributed by atoms with Crippen LogP contribution in [0.15, 0.2) is 29.2 Å². The van der Waals surface area contributed by atoms with Crippen LogP contribution >= 0.6 is 0 Å². The number of pyridine rings is 1. The Hall–Kier alpha value is -3.15. The predicted molar refractivity (Wildman–Crippen MR) is 111 cm³/mol. The molecule has 0 N–H and O–H groups in total. The number of carbonyl (C=O) groups is 1. The van der Waals surface area contributed by atoms with E-state index >= 15 is 0 Å². The Kier molecular flexibility index (Phi) is 5.26. The molecule has 9 nitrogen and oxygen atoms in total. The van der Waals surface area contributed by atoms with Gasteiger partial charge in [-0.1, -0.05) is 0 Å². The van der Waals surface area contributed by atoms with E-state index in [1.165, 1.54) is 36.1 Å². The Morgan fingerprint density at radius 3 is 2.76 bits per heavy atom. The van der Waals surface area contributed by atoms with Gasteiger partial charge in [0.25, 0.3) is 5.56 Å². The quantitative estimate of drug-likeness (QED) is 0.616. The van der Waals surface area contributed by atoms with Gasteiger partial charge in [0.2, 0.25) is 11.8 Å². The lowest BCUT2D eigenvalue weighted by molar-refractivity contribution is -0.152. The first kappa shape index (κ1) is 21.7. The van der Waals surface area contributed by atoms with Crippen molar-refractivity contribution in [3.05, 3.63) is 40.3 Å². The van der Waals surface area contributed by atoms with E-state index in [0.29, 0.717) is 19.0 Å². The zero-order valence-electron chi connectivity index (χ0n) is 17.8. The number of carbonyl (C=O) groups excluding carboxylic acids is 1. The minimum atomic E-state index is -4.60. The zero-order valence-corrected chi connectivity index (χ0v) is 17.8. The van der Waals surface area contributed by atoms with Gasteiger partial charge in [-0.25, -0.2) is 4.98 Å². The van der Waals surface area contributed by atoms with Gasteiger partial charge < -0.3 is 19.3 Å². The van der Waals surface area contributed by atoms with Gasteiger partial charge in [0.1, 0.15) is 11.9 Å². The second-order valence-corrected chi connectivity index (χ2v) is 8.39. The number of nitrogens with zero attached hydrogens (tertiary/aromatic N) is 5. The molecule has 33 heavy (non-hydrogen) atoms. The van der Waals surface area contributed by atoms with E-state index in [9.17, 15) is 22.8 Å². The van der Waals surface area contributed by atoms with Gasteiger partial charge in [0.05, 0.1) is 32.4 Å². The van der Waals surface area contributed by atoms with Crippen molar-refractivity contribution in [3.63, 3.8) is 0 Å². The molecule has 0 aromatic carbocycles. The van der Waals surface area contributed by atoms with Crippen molar-refractivity contribution in [2.24, 2.45) is 0 Å². The predicted octanol–water partition coefficient (Wildman–Crippen LogP) is 1.65. The number of fused-ring (bicyclic) bond motifs is 3. The molecule has 2 bridgehead atoms. The molecule has 2 saturated heterocycles. The summed E-state index contributed by atoms with van der Waals surface area (Å²) in [5, 5.41) is 0. The van der Waals surface area contributed by atoms with Gasteiger partial charge in [0, 0.05) is 37.0 Å². The SMILES string of the molecule is COc1ccc(C(=O)CN2c3nc(N4CC5CC4CO5)cc(=O)n3CC[C@H]2C(F)(F)F)cn1.